The van der Waals surface area contributed by atoms with Crippen LogP contribution in [0.3, 0.4) is 0 Å². The van der Waals surface area contributed by atoms with Gasteiger partial charge in [0.25, 0.3) is 0 Å². The smallest absolute Gasteiger partial charge is 0.202 e. The maximum atomic E-state index is 11.6. The van der Waals surface area contributed by atoms with Crippen LogP contribution in [0.15, 0.2) is 0 Å². The standard InChI is InChI=1S/C10H15N5O2S/c1-6-8-9(14(2)13-6)15(10(11)12-8)7-3-4-18(16,17)5-7/h7H,3-5H2,1-2H3,(H2,11,12). The Kier molecular flexibility index (Phi) is 2.22. The number of aromatic nitrogens is 4. The van der Waals surface area contributed by atoms with Crippen LogP contribution in [-0.2, 0) is 16.9 Å². The zero-order valence-electron chi connectivity index (χ0n) is 10.3. The van der Waals surface area contributed by atoms with E-state index in [0.717, 1.165) is 16.9 Å². The van der Waals surface area contributed by atoms with Gasteiger partial charge in [-0.05, 0) is 13.3 Å². The number of imidazole rings is 1. The van der Waals surface area contributed by atoms with Gasteiger partial charge in [-0.3, -0.25) is 9.25 Å². The number of hydrogen-bond donors (Lipinski definition) is 1. The van der Waals surface area contributed by atoms with Crippen LogP contribution < -0.4 is 5.73 Å². The van der Waals surface area contributed by atoms with Gasteiger partial charge in [0.2, 0.25) is 5.95 Å². The largest absolute Gasteiger partial charge is 0.369 e. The highest BCUT2D eigenvalue weighted by Crippen LogP contribution is 2.31. The Hall–Kier alpha value is -1.57. The van der Waals surface area contributed by atoms with Crippen molar-refractivity contribution in [3.8, 4) is 0 Å². The summed E-state index contributed by atoms with van der Waals surface area (Å²) in [5.74, 6) is 0.712. The van der Waals surface area contributed by atoms with Crippen molar-refractivity contribution >= 4 is 26.9 Å². The molecule has 1 saturated heterocycles. The minimum absolute atomic E-state index is 0.130. The molecular weight excluding hydrogens is 254 g/mol. The minimum Gasteiger partial charge on any atom is -0.369 e. The molecule has 0 aromatic carbocycles. The first-order valence-electron chi connectivity index (χ1n) is 5.76. The van der Waals surface area contributed by atoms with Crippen LogP contribution in [0, 0.1) is 6.92 Å². The number of hydrogen-bond acceptors (Lipinski definition) is 5. The number of rotatable bonds is 1. The molecule has 1 aliphatic heterocycles. The Morgan fingerprint density at radius 3 is 2.78 bits per heavy atom. The van der Waals surface area contributed by atoms with Crippen molar-refractivity contribution in [3.63, 3.8) is 0 Å². The van der Waals surface area contributed by atoms with Crippen molar-refractivity contribution in [3.05, 3.63) is 5.69 Å². The lowest BCUT2D eigenvalue weighted by Crippen LogP contribution is -2.15. The summed E-state index contributed by atoms with van der Waals surface area (Å²) in [5, 5.41) is 4.29. The molecule has 2 N–H and O–H groups in total. The molecule has 0 saturated carbocycles. The third kappa shape index (κ3) is 1.52. The van der Waals surface area contributed by atoms with Gasteiger partial charge in [-0.15, -0.1) is 0 Å². The Balaban J connectivity index is 2.20. The van der Waals surface area contributed by atoms with E-state index in [1.54, 1.807) is 9.25 Å². The van der Waals surface area contributed by atoms with Crippen LogP contribution in [-0.4, -0.2) is 39.3 Å². The third-order valence-electron chi connectivity index (χ3n) is 3.44. The van der Waals surface area contributed by atoms with Crippen LogP contribution in [0.25, 0.3) is 11.2 Å². The van der Waals surface area contributed by atoms with Crippen molar-refractivity contribution in [2.45, 2.75) is 19.4 Å². The molecule has 0 bridgehead atoms. The summed E-state index contributed by atoms with van der Waals surface area (Å²) in [6.45, 7) is 1.87. The highest BCUT2D eigenvalue weighted by Gasteiger charge is 2.32. The number of anilines is 1. The average Bonchev–Trinajstić information content (AvgIpc) is 2.85. The quantitative estimate of drug-likeness (QED) is 0.787. The number of nitrogens with zero attached hydrogens (tertiary/aromatic N) is 4. The lowest BCUT2D eigenvalue weighted by Gasteiger charge is -2.12. The van der Waals surface area contributed by atoms with Gasteiger partial charge in [0, 0.05) is 7.05 Å². The second-order valence-electron chi connectivity index (χ2n) is 4.78. The SMILES string of the molecule is Cc1nn(C)c2c1nc(N)n2C1CCS(=O)(=O)C1. The lowest BCUT2D eigenvalue weighted by molar-refractivity contribution is 0.561. The van der Waals surface area contributed by atoms with Gasteiger partial charge in [0.1, 0.15) is 5.52 Å². The van der Waals surface area contributed by atoms with Crippen LogP contribution in [0.1, 0.15) is 18.2 Å². The van der Waals surface area contributed by atoms with E-state index in [-0.39, 0.29) is 17.5 Å². The second-order valence-corrected chi connectivity index (χ2v) is 7.01. The van der Waals surface area contributed by atoms with Crippen LogP contribution >= 0.6 is 0 Å². The van der Waals surface area contributed by atoms with E-state index in [0.29, 0.717) is 12.4 Å². The Bertz CT molecular complexity index is 727. The molecule has 98 valence electrons. The fraction of sp³-hybridized carbons (Fsp3) is 0.600. The summed E-state index contributed by atoms with van der Waals surface area (Å²) in [6.07, 6.45) is 0.586. The van der Waals surface area contributed by atoms with E-state index in [1.807, 2.05) is 14.0 Å². The topological polar surface area (TPSA) is 95.8 Å². The number of fused-ring (bicyclic) bond motifs is 1. The molecule has 0 spiro atoms. The predicted molar refractivity (Wildman–Crippen MR) is 68.0 cm³/mol. The van der Waals surface area contributed by atoms with E-state index < -0.39 is 9.84 Å². The Labute approximate surface area is 105 Å². The molecule has 8 heteroatoms. The van der Waals surface area contributed by atoms with E-state index in [1.165, 1.54) is 0 Å². The summed E-state index contributed by atoms with van der Waals surface area (Å²) >= 11 is 0. The summed E-state index contributed by atoms with van der Waals surface area (Å²) in [6, 6.07) is -0.130. The van der Waals surface area contributed by atoms with E-state index in [2.05, 4.69) is 10.1 Å². The highest BCUT2D eigenvalue weighted by atomic mass is 32.2. The van der Waals surface area contributed by atoms with Crippen molar-refractivity contribution in [2.75, 3.05) is 17.2 Å². The van der Waals surface area contributed by atoms with Gasteiger partial charge in [-0.25, -0.2) is 13.4 Å². The van der Waals surface area contributed by atoms with Crippen molar-refractivity contribution in [2.24, 2.45) is 7.05 Å². The number of nitrogen functional groups attached to an aromatic ring is 1. The summed E-state index contributed by atoms with van der Waals surface area (Å²) in [4.78, 5) is 4.29. The molecule has 1 unspecified atom stereocenters. The first kappa shape index (κ1) is 11.5. The van der Waals surface area contributed by atoms with Crippen LogP contribution in [0.4, 0.5) is 5.95 Å². The first-order valence-corrected chi connectivity index (χ1v) is 7.58. The molecule has 0 radical (unpaired) electrons. The minimum atomic E-state index is -2.95. The van der Waals surface area contributed by atoms with Crippen LogP contribution in [0.5, 0.6) is 0 Å². The molecule has 1 aliphatic rings. The molecule has 7 nitrogen and oxygen atoms in total. The monoisotopic (exact) mass is 269 g/mol. The van der Waals surface area contributed by atoms with Crippen LogP contribution in [0.2, 0.25) is 0 Å². The fourth-order valence-corrected chi connectivity index (χ4v) is 4.35. The van der Waals surface area contributed by atoms with Gasteiger partial charge in [-0.2, -0.15) is 5.10 Å². The number of nitrogens with two attached hydrogens (primary N) is 1. The zero-order valence-corrected chi connectivity index (χ0v) is 11.1. The van der Waals surface area contributed by atoms with Gasteiger partial charge >= 0.3 is 0 Å². The summed E-state index contributed by atoms with van der Waals surface area (Å²) in [5.41, 5.74) is 8.27. The molecule has 2 aromatic rings. The third-order valence-corrected chi connectivity index (χ3v) is 5.19. The lowest BCUT2D eigenvalue weighted by atomic mass is 10.2. The molecule has 2 aromatic heterocycles. The highest BCUT2D eigenvalue weighted by molar-refractivity contribution is 7.91. The Morgan fingerprint density at radius 2 is 2.17 bits per heavy atom. The van der Waals surface area contributed by atoms with Gasteiger partial charge < -0.3 is 5.73 Å². The summed E-state index contributed by atoms with van der Waals surface area (Å²) in [7, 11) is -1.13. The maximum absolute atomic E-state index is 11.6. The van der Waals surface area contributed by atoms with Crippen molar-refractivity contribution < 1.29 is 8.42 Å². The molecule has 1 atom stereocenters. The zero-order chi connectivity index (χ0) is 13.1. The molecule has 1 fully saturated rings. The van der Waals surface area contributed by atoms with Crippen molar-refractivity contribution in [1.29, 1.82) is 0 Å². The summed E-state index contributed by atoms with van der Waals surface area (Å²) < 4.78 is 26.7. The average molecular weight is 269 g/mol. The van der Waals surface area contributed by atoms with Gasteiger partial charge in [0.15, 0.2) is 15.5 Å². The molecule has 0 aliphatic carbocycles. The van der Waals surface area contributed by atoms with E-state index in [4.69, 9.17) is 5.73 Å². The molecule has 3 rings (SSSR count). The predicted octanol–water partition coefficient (Wildman–Crippen LogP) is 0.0200. The molecule has 18 heavy (non-hydrogen) atoms. The maximum Gasteiger partial charge on any atom is 0.202 e. The van der Waals surface area contributed by atoms with E-state index >= 15 is 0 Å². The molecular formula is C10H15N5O2S. The second kappa shape index (κ2) is 3.47. The van der Waals surface area contributed by atoms with E-state index in [9.17, 15) is 8.42 Å². The normalized spacial score (nSPS) is 22.9. The molecule has 3 heterocycles. The Morgan fingerprint density at radius 1 is 1.44 bits per heavy atom. The van der Waals surface area contributed by atoms with Crippen molar-refractivity contribution in [1.82, 2.24) is 19.3 Å². The first-order chi connectivity index (χ1) is 8.39. The fourth-order valence-electron chi connectivity index (χ4n) is 2.65. The molecule has 0 amide bonds. The van der Waals surface area contributed by atoms with Gasteiger partial charge in [-0.1, -0.05) is 0 Å². The number of aryl methyl sites for hydroxylation is 2. The van der Waals surface area contributed by atoms with Gasteiger partial charge in [0.05, 0.1) is 23.2 Å². The number of sulfone groups is 1.